The van der Waals surface area contributed by atoms with Crippen LogP contribution in [0.1, 0.15) is 33.2 Å². The van der Waals surface area contributed by atoms with E-state index in [9.17, 15) is 23.9 Å². The van der Waals surface area contributed by atoms with E-state index in [2.05, 4.69) is 0 Å². The molecule has 2 aromatic rings. The van der Waals surface area contributed by atoms with E-state index in [1.807, 2.05) is 0 Å². The first kappa shape index (κ1) is 17.8. The number of amides is 1. The molecule has 1 amide bonds. The first-order valence-corrected chi connectivity index (χ1v) is 8.30. The van der Waals surface area contributed by atoms with E-state index in [0.717, 1.165) is 0 Å². The van der Waals surface area contributed by atoms with E-state index < -0.39 is 17.7 Å². The summed E-state index contributed by atoms with van der Waals surface area (Å²) in [5.74, 6) is -2.89. The fourth-order valence-corrected chi connectivity index (χ4v) is 3.25. The van der Waals surface area contributed by atoms with Gasteiger partial charge < -0.3 is 10.0 Å². The molecule has 2 atom stereocenters. The third kappa shape index (κ3) is 3.35. The fraction of sp³-hybridized carbons (Fsp3) is 0.250. The molecule has 0 aromatic heterocycles. The molecule has 134 valence electrons. The Balaban J connectivity index is 1.90. The maximum atomic E-state index is 13.1. The zero-order chi connectivity index (χ0) is 18.8. The first-order valence-electron chi connectivity index (χ1n) is 8.30. The Morgan fingerprint density at radius 3 is 2.19 bits per heavy atom. The van der Waals surface area contributed by atoms with Crippen molar-refractivity contribution in [3.63, 3.8) is 0 Å². The van der Waals surface area contributed by atoms with Crippen LogP contribution >= 0.6 is 0 Å². The number of carbonyl (C=O) groups is 3. The number of benzene rings is 2. The van der Waals surface area contributed by atoms with Crippen molar-refractivity contribution in [1.82, 2.24) is 4.90 Å². The molecule has 1 heterocycles. The molecule has 26 heavy (non-hydrogen) atoms. The minimum absolute atomic E-state index is 0.119. The summed E-state index contributed by atoms with van der Waals surface area (Å²) in [6.07, 6.45) is 0. The predicted octanol–water partition coefficient (Wildman–Crippen LogP) is 2.85. The Morgan fingerprint density at radius 1 is 1.00 bits per heavy atom. The summed E-state index contributed by atoms with van der Waals surface area (Å²) < 4.78 is 13.1. The normalized spacial score (nSPS) is 19.4. The van der Waals surface area contributed by atoms with Crippen LogP contribution in [0.2, 0.25) is 0 Å². The lowest BCUT2D eigenvalue weighted by atomic mass is 9.97. The van der Waals surface area contributed by atoms with Gasteiger partial charge in [-0.15, -0.1) is 0 Å². The summed E-state index contributed by atoms with van der Waals surface area (Å²) >= 11 is 0. The van der Waals surface area contributed by atoms with Crippen molar-refractivity contribution in [2.75, 3.05) is 13.1 Å². The highest BCUT2D eigenvalue weighted by atomic mass is 19.1. The number of aliphatic carboxylic acids is 1. The van der Waals surface area contributed by atoms with Gasteiger partial charge in [0.05, 0.1) is 11.5 Å². The lowest BCUT2D eigenvalue weighted by molar-refractivity contribution is -0.142. The lowest BCUT2D eigenvalue weighted by Gasteiger charge is -2.18. The fourth-order valence-electron chi connectivity index (χ4n) is 3.25. The smallest absolute Gasteiger partial charge is 0.308 e. The molecule has 0 unspecified atom stereocenters. The van der Waals surface area contributed by atoms with Crippen molar-refractivity contribution < 1.29 is 23.9 Å². The summed E-state index contributed by atoms with van der Waals surface area (Å²) in [4.78, 5) is 38.4. The molecule has 1 fully saturated rings. The Hall–Kier alpha value is -3.02. The highest BCUT2D eigenvalue weighted by Gasteiger charge is 2.37. The summed E-state index contributed by atoms with van der Waals surface area (Å²) in [6.45, 7) is 2.24. The van der Waals surface area contributed by atoms with E-state index >= 15 is 0 Å². The van der Waals surface area contributed by atoms with E-state index in [4.69, 9.17) is 0 Å². The van der Waals surface area contributed by atoms with Crippen molar-refractivity contribution in [3.05, 3.63) is 71.0 Å². The van der Waals surface area contributed by atoms with Crippen LogP contribution in [0, 0.1) is 17.7 Å². The summed E-state index contributed by atoms with van der Waals surface area (Å²) in [5, 5.41) is 9.24. The van der Waals surface area contributed by atoms with Gasteiger partial charge in [0.1, 0.15) is 5.82 Å². The van der Waals surface area contributed by atoms with Crippen LogP contribution in [0.5, 0.6) is 0 Å². The Kier molecular flexibility index (Phi) is 4.84. The van der Waals surface area contributed by atoms with Crippen molar-refractivity contribution in [2.45, 2.75) is 6.92 Å². The van der Waals surface area contributed by atoms with Crippen LogP contribution in [0.25, 0.3) is 0 Å². The van der Waals surface area contributed by atoms with Gasteiger partial charge in [0.25, 0.3) is 5.91 Å². The van der Waals surface area contributed by atoms with E-state index in [-0.39, 0.29) is 40.8 Å². The predicted molar refractivity (Wildman–Crippen MR) is 92.5 cm³/mol. The van der Waals surface area contributed by atoms with Crippen molar-refractivity contribution >= 4 is 17.7 Å². The minimum atomic E-state index is -0.927. The summed E-state index contributed by atoms with van der Waals surface area (Å²) in [5.41, 5.74) is 0.723. The van der Waals surface area contributed by atoms with E-state index in [1.54, 1.807) is 31.2 Å². The summed E-state index contributed by atoms with van der Waals surface area (Å²) in [6, 6.07) is 11.5. The van der Waals surface area contributed by atoms with Crippen LogP contribution in [0.15, 0.2) is 48.5 Å². The molecule has 1 saturated heterocycles. The molecule has 1 aliphatic heterocycles. The number of carbonyl (C=O) groups excluding carboxylic acids is 2. The second kappa shape index (κ2) is 7.07. The molecule has 1 N–H and O–H groups in total. The number of nitrogens with zero attached hydrogens (tertiary/aromatic N) is 1. The quantitative estimate of drug-likeness (QED) is 0.856. The second-order valence-corrected chi connectivity index (χ2v) is 6.51. The van der Waals surface area contributed by atoms with Crippen LogP contribution in [-0.2, 0) is 4.79 Å². The molecule has 6 heteroatoms. The molecule has 3 rings (SSSR count). The number of halogens is 1. The molecule has 0 saturated carbocycles. The highest BCUT2D eigenvalue weighted by Crippen LogP contribution is 2.26. The highest BCUT2D eigenvalue weighted by molar-refractivity contribution is 6.15. The maximum Gasteiger partial charge on any atom is 0.308 e. The average Bonchev–Trinajstić information content (AvgIpc) is 3.03. The van der Waals surface area contributed by atoms with Gasteiger partial charge in [-0.2, -0.15) is 0 Å². The van der Waals surface area contributed by atoms with E-state index in [1.165, 1.54) is 29.2 Å². The SMILES string of the molecule is C[C@@H]1CN(C(=O)c2ccccc2C(=O)c2ccc(F)cc2)C[C@H]1C(=O)O. The molecular weight excluding hydrogens is 337 g/mol. The van der Waals surface area contributed by atoms with Gasteiger partial charge >= 0.3 is 5.97 Å². The van der Waals surface area contributed by atoms with Crippen molar-refractivity contribution in [2.24, 2.45) is 11.8 Å². The molecule has 5 nitrogen and oxygen atoms in total. The monoisotopic (exact) mass is 355 g/mol. The Morgan fingerprint density at radius 2 is 1.62 bits per heavy atom. The lowest BCUT2D eigenvalue weighted by Crippen LogP contribution is -2.31. The second-order valence-electron chi connectivity index (χ2n) is 6.51. The van der Waals surface area contributed by atoms with Gasteiger partial charge in [-0.25, -0.2) is 4.39 Å². The standard InChI is InChI=1S/C20H18FNO4/c1-12-10-22(11-17(12)20(25)26)19(24)16-5-3-2-4-15(16)18(23)13-6-8-14(21)9-7-13/h2-9,12,17H,10-11H2,1H3,(H,25,26)/t12-,17-/m1/s1. The van der Waals surface area contributed by atoms with Gasteiger partial charge in [0.15, 0.2) is 5.78 Å². The Bertz CT molecular complexity index is 862. The van der Waals surface area contributed by atoms with Crippen LogP contribution in [0.3, 0.4) is 0 Å². The summed E-state index contributed by atoms with van der Waals surface area (Å²) in [7, 11) is 0. The maximum absolute atomic E-state index is 13.1. The average molecular weight is 355 g/mol. The molecular formula is C20H18FNO4. The topological polar surface area (TPSA) is 74.7 Å². The Labute approximate surface area is 150 Å². The molecule has 0 bridgehead atoms. The van der Waals surface area contributed by atoms with Crippen LogP contribution < -0.4 is 0 Å². The number of rotatable bonds is 4. The van der Waals surface area contributed by atoms with Crippen LogP contribution in [-0.4, -0.2) is 40.8 Å². The minimum Gasteiger partial charge on any atom is -0.481 e. The number of hydrogen-bond donors (Lipinski definition) is 1. The first-order chi connectivity index (χ1) is 12.4. The third-order valence-corrected chi connectivity index (χ3v) is 4.73. The molecule has 2 aromatic carbocycles. The zero-order valence-corrected chi connectivity index (χ0v) is 14.2. The number of ketones is 1. The van der Waals surface area contributed by atoms with Gasteiger partial charge in [-0.05, 0) is 36.2 Å². The number of carboxylic acids is 1. The van der Waals surface area contributed by atoms with Crippen LogP contribution in [0.4, 0.5) is 4.39 Å². The number of hydrogen-bond acceptors (Lipinski definition) is 3. The van der Waals surface area contributed by atoms with Gasteiger partial charge in [0.2, 0.25) is 0 Å². The van der Waals surface area contributed by atoms with Crippen molar-refractivity contribution in [1.29, 1.82) is 0 Å². The third-order valence-electron chi connectivity index (χ3n) is 4.73. The number of carboxylic acid groups (broad SMARTS) is 1. The molecule has 0 spiro atoms. The molecule has 0 aliphatic carbocycles. The van der Waals surface area contributed by atoms with Crippen molar-refractivity contribution in [3.8, 4) is 0 Å². The van der Waals surface area contributed by atoms with Gasteiger partial charge in [-0.3, -0.25) is 14.4 Å². The number of likely N-dealkylation sites (tertiary alicyclic amines) is 1. The van der Waals surface area contributed by atoms with E-state index in [0.29, 0.717) is 6.54 Å². The van der Waals surface area contributed by atoms with Gasteiger partial charge in [0, 0.05) is 24.2 Å². The largest absolute Gasteiger partial charge is 0.481 e. The molecule has 0 radical (unpaired) electrons. The molecule has 1 aliphatic rings. The zero-order valence-electron chi connectivity index (χ0n) is 14.2. The van der Waals surface area contributed by atoms with Gasteiger partial charge in [-0.1, -0.05) is 25.1 Å².